The Morgan fingerprint density at radius 2 is 1.64 bits per heavy atom. The molecule has 0 spiro atoms. The third-order valence-corrected chi connectivity index (χ3v) is 4.17. The van der Waals surface area contributed by atoms with Crippen molar-refractivity contribution in [3.63, 3.8) is 0 Å². The van der Waals surface area contributed by atoms with Gasteiger partial charge in [-0.05, 0) is 62.1 Å². The maximum absolute atomic E-state index is 12.7. The molecule has 0 aliphatic carbocycles. The number of aromatic carboxylic acids is 1. The molecule has 0 saturated carbocycles. The highest BCUT2D eigenvalue weighted by atomic mass is 16.6. The van der Waals surface area contributed by atoms with E-state index in [-0.39, 0.29) is 11.1 Å². The first-order chi connectivity index (χ1) is 13.1. The maximum atomic E-state index is 12.7. The van der Waals surface area contributed by atoms with Crippen LogP contribution in [0.25, 0.3) is 10.8 Å². The number of carbonyl (C=O) groups is 2. The van der Waals surface area contributed by atoms with Crippen LogP contribution in [-0.2, 0) is 11.3 Å². The van der Waals surface area contributed by atoms with Crippen molar-refractivity contribution in [2.24, 2.45) is 0 Å². The van der Waals surface area contributed by atoms with Gasteiger partial charge >= 0.3 is 11.9 Å². The number of hydrogen-bond donors (Lipinski definition) is 1. The van der Waals surface area contributed by atoms with Crippen molar-refractivity contribution in [1.82, 2.24) is 4.57 Å². The van der Waals surface area contributed by atoms with Gasteiger partial charge in [-0.2, -0.15) is 0 Å². The number of benzene rings is 2. The minimum Gasteiger partial charge on any atom is -0.478 e. The lowest BCUT2D eigenvalue weighted by atomic mass is 10.1. The summed E-state index contributed by atoms with van der Waals surface area (Å²) in [5, 5.41) is 10.2. The molecule has 0 aliphatic rings. The van der Waals surface area contributed by atoms with Crippen LogP contribution in [0, 0.1) is 0 Å². The number of ether oxygens (including phenoxy) is 1. The molecule has 144 valence electrons. The summed E-state index contributed by atoms with van der Waals surface area (Å²) < 4.78 is 6.85. The standard InChI is InChI=1S/C22H21NO5/c1-22(2,3)28-21(27)16-6-4-14(5-7-16)13-23-11-10-15-8-9-17(20(25)26)12-18(15)19(23)24/h4-12H,13H2,1-3H3,(H,25,26). The molecule has 0 unspecified atom stereocenters. The number of rotatable bonds is 4. The number of pyridine rings is 1. The second kappa shape index (κ2) is 7.31. The van der Waals surface area contributed by atoms with E-state index in [2.05, 4.69) is 0 Å². The molecule has 0 saturated heterocycles. The van der Waals surface area contributed by atoms with Gasteiger partial charge in [-0.15, -0.1) is 0 Å². The molecule has 0 aliphatic heterocycles. The van der Waals surface area contributed by atoms with Crippen LogP contribution < -0.4 is 5.56 Å². The predicted octanol–water partition coefficient (Wildman–Crippen LogP) is 3.70. The number of aromatic nitrogens is 1. The van der Waals surface area contributed by atoms with Gasteiger partial charge in [0.2, 0.25) is 0 Å². The van der Waals surface area contributed by atoms with E-state index in [1.807, 2.05) is 0 Å². The highest BCUT2D eigenvalue weighted by Crippen LogP contribution is 2.15. The van der Waals surface area contributed by atoms with E-state index in [1.54, 1.807) is 63.4 Å². The lowest BCUT2D eigenvalue weighted by Crippen LogP contribution is -2.24. The van der Waals surface area contributed by atoms with E-state index >= 15 is 0 Å². The van der Waals surface area contributed by atoms with Gasteiger partial charge in [0.25, 0.3) is 5.56 Å². The van der Waals surface area contributed by atoms with Gasteiger partial charge in [0, 0.05) is 11.6 Å². The Labute approximate surface area is 162 Å². The Balaban J connectivity index is 1.86. The summed E-state index contributed by atoms with van der Waals surface area (Å²) in [5.74, 6) is -1.47. The fourth-order valence-electron chi connectivity index (χ4n) is 2.82. The molecular weight excluding hydrogens is 358 g/mol. The minimum atomic E-state index is -1.07. The molecule has 0 fully saturated rings. The summed E-state index contributed by atoms with van der Waals surface area (Å²) in [5.41, 5.74) is 0.517. The summed E-state index contributed by atoms with van der Waals surface area (Å²) in [6.45, 7) is 5.73. The number of fused-ring (bicyclic) bond motifs is 1. The van der Waals surface area contributed by atoms with Crippen molar-refractivity contribution >= 4 is 22.7 Å². The highest BCUT2D eigenvalue weighted by molar-refractivity contribution is 5.94. The van der Waals surface area contributed by atoms with Gasteiger partial charge < -0.3 is 14.4 Å². The van der Waals surface area contributed by atoms with Crippen molar-refractivity contribution < 1.29 is 19.4 Å². The summed E-state index contributed by atoms with van der Waals surface area (Å²) in [7, 11) is 0. The van der Waals surface area contributed by atoms with Gasteiger partial charge in [-0.1, -0.05) is 18.2 Å². The van der Waals surface area contributed by atoms with Gasteiger partial charge in [0.15, 0.2) is 0 Å². The molecule has 3 rings (SSSR count). The van der Waals surface area contributed by atoms with E-state index in [9.17, 15) is 14.4 Å². The van der Waals surface area contributed by atoms with E-state index in [0.717, 1.165) is 5.56 Å². The van der Waals surface area contributed by atoms with Crippen LogP contribution in [0.2, 0.25) is 0 Å². The summed E-state index contributed by atoms with van der Waals surface area (Å²) in [6.07, 6.45) is 1.67. The molecule has 0 atom stereocenters. The summed E-state index contributed by atoms with van der Waals surface area (Å²) in [4.78, 5) is 36.0. The quantitative estimate of drug-likeness (QED) is 0.699. The zero-order valence-corrected chi connectivity index (χ0v) is 15.9. The number of esters is 1. The summed E-state index contributed by atoms with van der Waals surface area (Å²) >= 11 is 0. The Morgan fingerprint density at radius 1 is 1.00 bits per heavy atom. The highest BCUT2D eigenvalue weighted by Gasteiger charge is 2.17. The fraction of sp³-hybridized carbons (Fsp3) is 0.227. The zero-order chi connectivity index (χ0) is 20.5. The molecule has 3 aromatic rings. The monoisotopic (exact) mass is 379 g/mol. The van der Waals surface area contributed by atoms with Crippen LogP contribution in [0.3, 0.4) is 0 Å². The van der Waals surface area contributed by atoms with Crippen molar-refractivity contribution in [1.29, 1.82) is 0 Å². The number of nitrogens with zero attached hydrogens (tertiary/aromatic N) is 1. The Morgan fingerprint density at radius 3 is 2.25 bits per heavy atom. The van der Waals surface area contributed by atoms with Crippen molar-refractivity contribution in [3.8, 4) is 0 Å². The number of carboxylic acid groups (broad SMARTS) is 1. The second-order valence-corrected chi connectivity index (χ2v) is 7.55. The molecule has 6 heteroatoms. The predicted molar refractivity (Wildman–Crippen MR) is 106 cm³/mol. The van der Waals surface area contributed by atoms with Crippen molar-refractivity contribution in [2.75, 3.05) is 0 Å². The Bertz CT molecular complexity index is 1100. The molecule has 28 heavy (non-hydrogen) atoms. The lowest BCUT2D eigenvalue weighted by Gasteiger charge is -2.19. The van der Waals surface area contributed by atoms with E-state index in [0.29, 0.717) is 22.9 Å². The molecular formula is C22H21NO5. The number of hydrogen-bond acceptors (Lipinski definition) is 4. The van der Waals surface area contributed by atoms with Crippen molar-refractivity contribution in [3.05, 3.63) is 81.8 Å². The second-order valence-electron chi connectivity index (χ2n) is 7.55. The smallest absolute Gasteiger partial charge is 0.338 e. The van der Waals surface area contributed by atoms with Gasteiger partial charge in [0.1, 0.15) is 5.60 Å². The maximum Gasteiger partial charge on any atom is 0.338 e. The molecule has 0 bridgehead atoms. The van der Waals surface area contributed by atoms with Gasteiger partial charge in [-0.25, -0.2) is 9.59 Å². The number of carbonyl (C=O) groups excluding carboxylic acids is 1. The molecule has 6 nitrogen and oxygen atoms in total. The third-order valence-electron chi connectivity index (χ3n) is 4.17. The molecule has 1 heterocycles. The van der Waals surface area contributed by atoms with E-state index in [1.165, 1.54) is 16.7 Å². The minimum absolute atomic E-state index is 0.0732. The van der Waals surface area contributed by atoms with Gasteiger partial charge in [0.05, 0.1) is 17.7 Å². The normalized spacial score (nSPS) is 11.4. The SMILES string of the molecule is CC(C)(C)OC(=O)c1ccc(Cn2ccc3ccc(C(=O)O)cc3c2=O)cc1. The first-order valence-electron chi connectivity index (χ1n) is 8.83. The first kappa shape index (κ1) is 19.4. The van der Waals surface area contributed by atoms with Gasteiger partial charge in [-0.3, -0.25) is 4.79 Å². The third kappa shape index (κ3) is 4.28. The first-order valence-corrected chi connectivity index (χ1v) is 8.83. The Kier molecular flexibility index (Phi) is 5.05. The van der Waals surface area contributed by atoms with E-state index in [4.69, 9.17) is 9.84 Å². The van der Waals surface area contributed by atoms with Crippen LogP contribution in [0.1, 0.15) is 47.1 Å². The van der Waals surface area contributed by atoms with Crippen LogP contribution in [-0.4, -0.2) is 27.2 Å². The van der Waals surface area contributed by atoms with Crippen LogP contribution in [0.5, 0.6) is 0 Å². The topological polar surface area (TPSA) is 85.6 Å². The average Bonchev–Trinajstić information content (AvgIpc) is 2.63. The Hall–Kier alpha value is -3.41. The van der Waals surface area contributed by atoms with E-state index < -0.39 is 17.5 Å². The molecule has 1 N–H and O–H groups in total. The molecule has 0 radical (unpaired) electrons. The zero-order valence-electron chi connectivity index (χ0n) is 15.9. The van der Waals surface area contributed by atoms with Crippen LogP contribution in [0.4, 0.5) is 0 Å². The fourth-order valence-corrected chi connectivity index (χ4v) is 2.82. The average molecular weight is 379 g/mol. The summed E-state index contributed by atoms with van der Waals surface area (Å²) in [6, 6.07) is 13.1. The lowest BCUT2D eigenvalue weighted by molar-refractivity contribution is 0.00693. The van der Waals surface area contributed by atoms with Crippen LogP contribution in [0.15, 0.2) is 59.5 Å². The van der Waals surface area contributed by atoms with Crippen LogP contribution >= 0.6 is 0 Å². The largest absolute Gasteiger partial charge is 0.478 e. The van der Waals surface area contributed by atoms with Crippen molar-refractivity contribution in [2.45, 2.75) is 32.9 Å². The number of carboxylic acids is 1. The molecule has 0 amide bonds. The molecule has 2 aromatic carbocycles. The molecule has 1 aromatic heterocycles.